The number of nitrogens with zero attached hydrogens (tertiary/aromatic N) is 3. The number of rotatable bonds is 1. The fourth-order valence-corrected chi connectivity index (χ4v) is 2.13. The van der Waals surface area contributed by atoms with Crippen LogP contribution in [0.15, 0.2) is 29.1 Å². The van der Waals surface area contributed by atoms with Gasteiger partial charge in [-0.2, -0.15) is 0 Å². The average molecular weight is 275 g/mol. The van der Waals surface area contributed by atoms with E-state index in [9.17, 15) is 4.79 Å². The second-order valence-electron chi connectivity index (χ2n) is 4.35. The van der Waals surface area contributed by atoms with Crippen LogP contribution in [0.4, 0.5) is 0 Å². The van der Waals surface area contributed by atoms with Crippen molar-refractivity contribution in [3.05, 3.63) is 34.7 Å². The van der Waals surface area contributed by atoms with E-state index >= 15 is 0 Å². The summed E-state index contributed by atoms with van der Waals surface area (Å²) in [5, 5.41) is 1.43. The number of carbonyl (C=O) groups excluding carboxylic acids is 1. The number of amidine groups is 1. The molecule has 0 fully saturated rings. The number of aromatic amines is 1. The van der Waals surface area contributed by atoms with E-state index in [0.29, 0.717) is 16.6 Å². The highest BCUT2D eigenvalue weighted by atomic mass is 35.5. The second-order valence-corrected chi connectivity index (χ2v) is 4.78. The summed E-state index contributed by atoms with van der Waals surface area (Å²) in [5.41, 5.74) is 2.00. The molecule has 0 aliphatic carbocycles. The van der Waals surface area contributed by atoms with Crippen LogP contribution in [0.3, 0.4) is 0 Å². The molecule has 1 N–H and O–H groups in total. The molecule has 96 valence electrons. The lowest BCUT2D eigenvalue weighted by Gasteiger charge is -2.05. The van der Waals surface area contributed by atoms with Crippen molar-refractivity contribution < 1.29 is 4.79 Å². The number of carbonyl (C=O) groups is 1. The Kier molecular flexibility index (Phi) is 2.64. The standard InChI is InChI=1S/C13H11ClN4O/c1-7-17-11(13(19)18(7)2)3-8-5-15-12-10(8)4-9(14)6-16-12/h3-6H,1-2H3,(H,15,16). The van der Waals surface area contributed by atoms with E-state index in [-0.39, 0.29) is 5.91 Å². The number of aliphatic imine (C=N–C) groups is 1. The summed E-state index contributed by atoms with van der Waals surface area (Å²) in [6.07, 6.45) is 5.11. The van der Waals surface area contributed by atoms with E-state index in [2.05, 4.69) is 15.0 Å². The molecule has 0 radical (unpaired) electrons. The summed E-state index contributed by atoms with van der Waals surface area (Å²) in [7, 11) is 1.70. The number of halogens is 1. The molecule has 0 aromatic carbocycles. The summed E-state index contributed by atoms with van der Waals surface area (Å²) in [5.74, 6) is 0.578. The van der Waals surface area contributed by atoms with Gasteiger partial charge < -0.3 is 4.98 Å². The van der Waals surface area contributed by atoms with Crippen LogP contribution in [0.5, 0.6) is 0 Å². The highest BCUT2D eigenvalue weighted by molar-refractivity contribution is 6.31. The maximum atomic E-state index is 11.9. The molecule has 0 saturated carbocycles. The number of nitrogens with one attached hydrogen (secondary N) is 1. The van der Waals surface area contributed by atoms with Crippen LogP contribution in [-0.4, -0.2) is 33.7 Å². The summed E-state index contributed by atoms with van der Waals surface area (Å²) in [6.45, 7) is 1.80. The SMILES string of the molecule is CC1=NC(=Cc2c[nH]c3ncc(Cl)cc23)C(=O)N1C. The lowest BCUT2D eigenvalue weighted by Crippen LogP contribution is -2.25. The highest BCUT2D eigenvalue weighted by Crippen LogP contribution is 2.24. The largest absolute Gasteiger partial charge is 0.346 e. The fraction of sp³-hybridized carbons (Fsp3) is 0.154. The Morgan fingerprint density at radius 1 is 1.47 bits per heavy atom. The third kappa shape index (κ3) is 1.92. The normalized spacial score (nSPS) is 17.6. The van der Waals surface area contributed by atoms with Crippen LogP contribution in [0.1, 0.15) is 12.5 Å². The predicted molar refractivity (Wildman–Crippen MR) is 75.0 cm³/mol. The maximum absolute atomic E-state index is 11.9. The first kappa shape index (κ1) is 11.9. The molecule has 19 heavy (non-hydrogen) atoms. The average Bonchev–Trinajstić information content (AvgIpc) is 2.88. The molecule has 3 rings (SSSR count). The molecular formula is C13H11ClN4O. The van der Waals surface area contributed by atoms with Gasteiger partial charge in [-0.1, -0.05) is 11.6 Å². The number of H-pyrrole nitrogens is 1. The van der Waals surface area contributed by atoms with Gasteiger partial charge in [0.25, 0.3) is 5.91 Å². The molecule has 0 atom stereocenters. The van der Waals surface area contributed by atoms with E-state index in [1.165, 1.54) is 4.90 Å². The molecule has 1 amide bonds. The Morgan fingerprint density at radius 3 is 2.95 bits per heavy atom. The van der Waals surface area contributed by atoms with E-state index in [4.69, 9.17) is 11.6 Å². The van der Waals surface area contributed by atoms with Crippen molar-refractivity contribution in [2.75, 3.05) is 7.05 Å². The number of amides is 1. The molecule has 0 bridgehead atoms. The number of aromatic nitrogens is 2. The molecule has 0 unspecified atom stereocenters. The summed E-state index contributed by atoms with van der Waals surface area (Å²) in [4.78, 5) is 24.9. The Morgan fingerprint density at radius 2 is 2.26 bits per heavy atom. The fourth-order valence-electron chi connectivity index (χ4n) is 1.97. The van der Waals surface area contributed by atoms with Crippen molar-refractivity contribution in [2.45, 2.75) is 6.92 Å². The minimum Gasteiger partial charge on any atom is -0.346 e. The van der Waals surface area contributed by atoms with Gasteiger partial charge in [-0.25, -0.2) is 9.98 Å². The van der Waals surface area contributed by atoms with Crippen LogP contribution < -0.4 is 0 Å². The first-order chi connectivity index (χ1) is 9.06. The van der Waals surface area contributed by atoms with Crippen molar-refractivity contribution >= 4 is 40.5 Å². The van der Waals surface area contributed by atoms with E-state index in [1.807, 2.05) is 6.07 Å². The van der Waals surface area contributed by atoms with Crippen LogP contribution in [-0.2, 0) is 4.79 Å². The summed E-state index contributed by atoms with van der Waals surface area (Å²) < 4.78 is 0. The quantitative estimate of drug-likeness (QED) is 0.812. The minimum atomic E-state index is -0.109. The van der Waals surface area contributed by atoms with Crippen molar-refractivity contribution in [1.82, 2.24) is 14.9 Å². The van der Waals surface area contributed by atoms with Gasteiger partial charge in [-0.15, -0.1) is 0 Å². The monoisotopic (exact) mass is 274 g/mol. The number of likely N-dealkylation sites (N-methyl/N-ethyl adjacent to an activating group) is 1. The van der Waals surface area contributed by atoms with Gasteiger partial charge in [0.1, 0.15) is 17.2 Å². The Bertz CT molecular complexity index is 744. The van der Waals surface area contributed by atoms with Gasteiger partial charge in [0.05, 0.1) is 5.02 Å². The van der Waals surface area contributed by atoms with Crippen molar-refractivity contribution in [3.8, 4) is 0 Å². The maximum Gasteiger partial charge on any atom is 0.277 e. The number of hydrogen-bond acceptors (Lipinski definition) is 3. The molecule has 2 aromatic heterocycles. The highest BCUT2D eigenvalue weighted by Gasteiger charge is 2.23. The molecule has 0 saturated heterocycles. The van der Waals surface area contributed by atoms with Crippen molar-refractivity contribution in [3.63, 3.8) is 0 Å². The molecule has 1 aliphatic heterocycles. The molecule has 1 aliphatic rings. The van der Waals surface area contributed by atoms with Crippen LogP contribution in [0, 0.1) is 0 Å². The molecule has 6 heteroatoms. The minimum absolute atomic E-state index is 0.109. The Labute approximate surface area is 114 Å². The topological polar surface area (TPSA) is 61.4 Å². The smallest absolute Gasteiger partial charge is 0.277 e. The first-order valence-corrected chi connectivity index (χ1v) is 6.12. The van der Waals surface area contributed by atoms with Crippen molar-refractivity contribution in [2.24, 2.45) is 4.99 Å². The van der Waals surface area contributed by atoms with Crippen molar-refractivity contribution in [1.29, 1.82) is 0 Å². The lowest BCUT2D eigenvalue weighted by molar-refractivity contribution is -0.121. The van der Waals surface area contributed by atoms with E-state index in [0.717, 1.165) is 16.6 Å². The number of hydrogen-bond donors (Lipinski definition) is 1. The zero-order valence-electron chi connectivity index (χ0n) is 10.4. The Balaban J connectivity index is 2.12. The molecule has 3 heterocycles. The molecular weight excluding hydrogens is 264 g/mol. The van der Waals surface area contributed by atoms with Gasteiger partial charge in [0.2, 0.25) is 0 Å². The van der Waals surface area contributed by atoms with Crippen LogP contribution in [0.25, 0.3) is 17.1 Å². The van der Waals surface area contributed by atoms with Gasteiger partial charge in [-0.3, -0.25) is 9.69 Å². The number of fused-ring (bicyclic) bond motifs is 1. The third-order valence-electron chi connectivity index (χ3n) is 3.11. The molecule has 5 nitrogen and oxygen atoms in total. The van der Waals surface area contributed by atoms with Gasteiger partial charge in [0, 0.05) is 30.4 Å². The molecule has 2 aromatic rings. The zero-order valence-corrected chi connectivity index (χ0v) is 11.2. The number of pyridine rings is 1. The van der Waals surface area contributed by atoms with E-state index < -0.39 is 0 Å². The van der Waals surface area contributed by atoms with Gasteiger partial charge in [-0.05, 0) is 19.1 Å². The Hall–Kier alpha value is -2.14. The zero-order chi connectivity index (χ0) is 13.6. The summed E-state index contributed by atoms with van der Waals surface area (Å²) >= 11 is 5.94. The van der Waals surface area contributed by atoms with Crippen LogP contribution in [0.2, 0.25) is 5.02 Å². The van der Waals surface area contributed by atoms with Gasteiger partial charge in [0.15, 0.2) is 0 Å². The van der Waals surface area contributed by atoms with Gasteiger partial charge >= 0.3 is 0 Å². The second kappa shape index (κ2) is 4.20. The lowest BCUT2D eigenvalue weighted by atomic mass is 10.2. The van der Waals surface area contributed by atoms with E-state index in [1.54, 1.807) is 32.4 Å². The third-order valence-corrected chi connectivity index (χ3v) is 3.32. The summed E-state index contributed by atoms with van der Waals surface area (Å²) in [6, 6.07) is 1.81. The van der Waals surface area contributed by atoms with Crippen LogP contribution >= 0.6 is 11.6 Å². The predicted octanol–water partition coefficient (Wildman–Crippen LogP) is 2.45. The molecule has 0 spiro atoms. The first-order valence-electron chi connectivity index (χ1n) is 5.74.